The minimum atomic E-state index is -2.64. The highest BCUT2D eigenvalue weighted by Crippen LogP contribution is 2.53. The molecule has 1 aromatic carbocycles. The van der Waals surface area contributed by atoms with Gasteiger partial charge in [-0.05, 0) is 44.4 Å². The number of nitrogens with zero attached hydrogens (tertiary/aromatic N) is 1. The minimum Gasteiger partial charge on any atom is -0.511 e. The molecule has 0 saturated carbocycles. The Morgan fingerprint density at radius 1 is 1.05 bits per heavy atom. The summed E-state index contributed by atoms with van der Waals surface area (Å²) in [5, 5.41) is 44.1. The van der Waals surface area contributed by atoms with Crippen LogP contribution in [0, 0.1) is 23.1 Å². The Kier molecular flexibility index (Phi) is 5.87. The van der Waals surface area contributed by atoms with Crippen molar-refractivity contribution in [1.29, 1.82) is 0 Å². The van der Waals surface area contributed by atoms with E-state index in [9.17, 15) is 34.8 Å². The topological polar surface area (TPSA) is 161 Å². The van der Waals surface area contributed by atoms with Crippen molar-refractivity contribution >= 4 is 17.5 Å². The van der Waals surface area contributed by atoms with Crippen molar-refractivity contribution in [2.45, 2.75) is 84.5 Å². The van der Waals surface area contributed by atoms with Crippen LogP contribution in [-0.4, -0.2) is 53.9 Å². The molecule has 1 aliphatic heterocycles. The largest absolute Gasteiger partial charge is 0.511 e. The predicted molar refractivity (Wildman–Crippen MR) is 138 cm³/mol. The van der Waals surface area contributed by atoms with E-state index in [1.807, 2.05) is 0 Å². The number of phenolic OH excluding ortho intramolecular Hbond substituents is 1. The smallest absolute Gasteiger partial charge is 0.255 e. The summed E-state index contributed by atoms with van der Waals surface area (Å²) in [6.45, 7) is 11.0. The predicted octanol–water partition coefficient (Wildman–Crippen LogP) is 3.25. The number of aliphatic hydroxyl groups is 3. The van der Waals surface area contributed by atoms with Gasteiger partial charge in [0.1, 0.15) is 28.7 Å². The van der Waals surface area contributed by atoms with Gasteiger partial charge in [-0.25, -0.2) is 4.39 Å². The van der Waals surface area contributed by atoms with E-state index in [0.717, 1.165) is 6.42 Å². The Labute approximate surface area is 225 Å². The normalized spacial score (nSPS) is 27.4. The van der Waals surface area contributed by atoms with Crippen molar-refractivity contribution in [3.63, 3.8) is 0 Å². The maximum absolute atomic E-state index is 16.1. The van der Waals surface area contributed by atoms with Gasteiger partial charge in [-0.2, -0.15) is 0 Å². The van der Waals surface area contributed by atoms with E-state index in [1.165, 1.54) is 0 Å². The van der Waals surface area contributed by atoms with Crippen molar-refractivity contribution in [3.05, 3.63) is 50.7 Å². The molecule has 1 aromatic rings. The van der Waals surface area contributed by atoms with Crippen molar-refractivity contribution < 1.29 is 39.2 Å². The summed E-state index contributed by atoms with van der Waals surface area (Å²) in [6.07, 6.45) is 0.391. The van der Waals surface area contributed by atoms with Crippen LogP contribution in [0.2, 0.25) is 0 Å². The van der Waals surface area contributed by atoms with Gasteiger partial charge in [0, 0.05) is 53.2 Å². The maximum atomic E-state index is 16.1. The highest BCUT2D eigenvalue weighted by atomic mass is 19.1. The number of hydrogen-bond acceptors (Lipinski definition) is 8. The molecular weight excluding hydrogens is 507 g/mol. The van der Waals surface area contributed by atoms with Crippen LogP contribution in [-0.2, 0) is 29.1 Å². The third kappa shape index (κ3) is 3.82. The number of allylic oxidation sites excluding steroid dienone is 2. The van der Waals surface area contributed by atoms with Crippen molar-refractivity contribution in [2.24, 2.45) is 23.0 Å². The molecule has 1 unspecified atom stereocenters. The summed E-state index contributed by atoms with van der Waals surface area (Å²) in [4.78, 5) is 40.7. The number of nitrogens with two attached hydrogens (primary N) is 1. The number of ketones is 2. The number of amides is 1. The van der Waals surface area contributed by atoms with Crippen LogP contribution in [0.3, 0.4) is 0 Å². The fourth-order valence-corrected chi connectivity index (χ4v) is 7.43. The molecule has 0 saturated heterocycles. The number of phenols is 1. The number of primary amides is 1. The Morgan fingerprint density at radius 3 is 2.26 bits per heavy atom. The molecule has 210 valence electrons. The van der Waals surface area contributed by atoms with E-state index in [4.69, 9.17) is 5.73 Å². The summed E-state index contributed by atoms with van der Waals surface area (Å²) in [6, 6.07) is 0. The standard InChI is InChI=1S/C29H35FN2O7/c1-27(2,3)11-28(4,5)32-9-15-16(10-32)22(34)19-14(21(15)30)7-12-6-13-8-17(33)20(26(31)38)25(37)29(13,39)24(36)18(12)23(19)35/h12-13,33-34,36,39H,6-11H2,1-5H3,(H2,31,38)/t12?,13-,29-/m0/s1. The van der Waals surface area contributed by atoms with Crippen LogP contribution >= 0.6 is 0 Å². The lowest BCUT2D eigenvalue weighted by atomic mass is 9.60. The number of carbonyl (C=O) groups is 3. The minimum absolute atomic E-state index is 0.0000990. The lowest BCUT2D eigenvalue weighted by Crippen LogP contribution is -2.57. The molecule has 0 bridgehead atoms. The van der Waals surface area contributed by atoms with Crippen LogP contribution in [0.1, 0.15) is 80.9 Å². The first-order chi connectivity index (χ1) is 17.9. The van der Waals surface area contributed by atoms with Gasteiger partial charge in [-0.1, -0.05) is 20.8 Å². The summed E-state index contributed by atoms with van der Waals surface area (Å²) in [5.41, 5.74) is 1.54. The van der Waals surface area contributed by atoms with Crippen LogP contribution in [0.5, 0.6) is 5.75 Å². The zero-order valence-corrected chi connectivity index (χ0v) is 22.8. The fourth-order valence-electron chi connectivity index (χ4n) is 7.43. The molecule has 9 nitrogen and oxygen atoms in total. The molecule has 1 heterocycles. The van der Waals surface area contributed by atoms with Gasteiger partial charge in [0.25, 0.3) is 5.91 Å². The molecule has 10 heteroatoms. The Balaban J connectivity index is 1.59. The molecule has 0 spiro atoms. The van der Waals surface area contributed by atoms with Crippen LogP contribution in [0.25, 0.3) is 0 Å². The number of halogens is 1. The number of aliphatic hydroxyl groups excluding tert-OH is 2. The van der Waals surface area contributed by atoms with Crippen LogP contribution < -0.4 is 5.73 Å². The molecule has 6 N–H and O–H groups in total. The molecule has 4 aliphatic rings. The van der Waals surface area contributed by atoms with E-state index >= 15 is 4.39 Å². The average Bonchev–Trinajstić information content (AvgIpc) is 3.25. The van der Waals surface area contributed by atoms with Crippen LogP contribution in [0.4, 0.5) is 4.39 Å². The highest BCUT2D eigenvalue weighted by molar-refractivity contribution is 6.24. The first-order valence-corrected chi connectivity index (χ1v) is 13.2. The molecule has 0 aromatic heterocycles. The lowest BCUT2D eigenvalue weighted by Gasteiger charge is -2.45. The first kappa shape index (κ1) is 27.3. The van der Waals surface area contributed by atoms with E-state index in [0.29, 0.717) is 11.1 Å². The molecule has 0 radical (unpaired) electrons. The van der Waals surface area contributed by atoms with E-state index in [-0.39, 0.29) is 65.8 Å². The first-order valence-electron chi connectivity index (χ1n) is 13.2. The van der Waals surface area contributed by atoms with Gasteiger partial charge in [-0.3, -0.25) is 19.3 Å². The molecule has 39 heavy (non-hydrogen) atoms. The number of fused-ring (bicyclic) bond motifs is 4. The zero-order valence-electron chi connectivity index (χ0n) is 22.8. The second kappa shape index (κ2) is 8.38. The van der Waals surface area contributed by atoms with Gasteiger partial charge in [0.05, 0.1) is 5.56 Å². The van der Waals surface area contributed by atoms with Crippen molar-refractivity contribution in [3.8, 4) is 5.75 Å². The Bertz CT molecular complexity index is 1420. The summed E-state index contributed by atoms with van der Waals surface area (Å²) >= 11 is 0. The van der Waals surface area contributed by atoms with Crippen LogP contribution in [0.15, 0.2) is 22.7 Å². The van der Waals surface area contributed by atoms with Crippen molar-refractivity contribution in [2.75, 3.05) is 0 Å². The summed E-state index contributed by atoms with van der Waals surface area (Å²) < 4.78 is 16.1. The number of Topliss-reactive ketones (excluding diaryl/α,β-unsaturated/α-hetero) is 2. The second-order valence-electron chi connectivity index (χ2n) is 13.3. The number of benzene rings is 1. The fraction of sp³-hybridized carbons (Fsp3) is 0.552. The Hall–Kier alpha value is -3.24. The van der Waals surface area contributed by atoms with Gasteiger partial charge in [0.15, 0.2) is 11.4 Å². The molecule has 1 amide bonds. The number of aromatic hydroxyl groups is 1. The molecule has 3 atom stereocenters. The van der Waals surface area contributed by atoms with E-state index in [1.54, 1.807) is 0 Å². The molecule has 5 rings (SSSR count). The third-order valence-corrected chi connectivity index (χ3v) is 8.89. The SMILES string of the molecule is CC(C)(C)CC(C)(C)N1Cc2c(O)c3c(c(F)c2C1)CC1C[C@H]2CC(O)=C(C(N)=O)C(=O)[C@@]2(O)C(O)=C1C3=O. The number of hydrogen-bond donors (Lipinski definition) is 5. The summed E-state index contributed by atoms with van der Waals surface area (Å²) in [7, 11) is 0. The van der Waals surface area contributed by atoms with E-state index in [2.05, 4.69) is 39.5 Å². The zero-order chi connectivity index (χ0) is 29.0. The monoisotopic (exact) mass is 542 g/mol. The van der Waals surface area contributed by atoms with Gasteiger partial charge in [0.2, 0.25) is 5.78 Å². The second-order valence-corrected chi connectivity index (χ2v) is 13.3. The lowest BCUT2D eigenvalue weighted by molar-refractivity contribution is -0.144. The van der Waals surface area contributed by atoms with Gasteiger partial charge in [-0.15, -0.1) is 0 Å². The van der Waals surface area contributed by atoms with Gasteiger partial charge < -0.3 is 26.2 Å². The number of carbonyl (C=O) groups excluding carboxylic acids is 3. The molecule has 3 aliphatic carbocycles. The van der Waals surface area contributed by atoms with Gasteiger partial charge >= 0.3 is 0 Å². The molecular formula is C29H35FN2O7. The quantitative estimate of drug-likeness (QED) is 0.364. The van der Waals surface area contributed by atoms with Crippen molar-refractivity contribution in [1.82, 2.24) is 4.90 Å². The Morgan fingerprint density at radius 2 is 1.67 bits per heavy atom. The average molecular weight is 543 g/mol. The highest BCUT2D eigenvalue weighted by Gasteiger charge is 2.60. The third-order valence-electron chi connectivity index (χ3n) is 8.89. The summed E-state index contributed by atoms with van der Waals surface area (Å²) in [5.74, 6) is -7.72. The maximum Gasteiger partial charge on any atom is 0.255 e. The molecule has 0 fully saturated rings. The number of rotatable bonds is 3. The van der Waals surface area contributed by atoms with E-state index < -0.39 is 57.8 Å².